The predicted octanol–water partition coefficient (Wildman–Crippen LogP) is 3.59. The van der Waals surface area contributed by atoms with E-state index in [9.17, 15) is 18.0 Å². The van der Waals surface area contributed by atoms with Crippen LogP contribution >= 0.6 is 0 Å². The van der Waals surface area contributed by atoms with Gasteiger partial charge in [-0.05, 0) is 42.5 Å². The van der Waals surface area contributed by atoms with Gasteiger partial charge in [0.05, 0.1) is 17.2 Å². The Morgan fingerprint density at radius 2 is 1.87 bits per heavy atom. The van der Waals surface area contributed by atoms with E-state index < -0.39 is 17.6 Å². The fraction of sp³-hybridized carbons (Fsp3) is 0.125. The molecule has 0 unspecified atom stereocenters. The van der Waals surface area contributed by atoms with Gasteiger partial charge in [0.25, 0.3) is 5.91 Å². The second-order valence-corrected chi connectivity index (χ2v) is 4.55. The van der Waals surface area contributed by atoms with Gasteiger partial charge < -0.3 is 10.1 Å². The quantitative estimate of drug-likeness (QED) is 0.936. The van der Waals surface area contributed by atoms with Crippen LogP contribution in [0.1, 0.15) is 11.1 Å². The maximum atomic E-state index is 12.4. The highest BCUT2D eigenvalue weighted by Crippen LogP contribution is 2.30. The van der Waals surface area contributed by atoms with Crippen molar-refractivity contribution < 1.29 is 22.7 Å². The van der Waals surface area contributed by atoms with E-state index in [2.05, 4.69) is 5.32 Å². The first-order chi connectivity index (χ1) is 10.9. The zero-order valence-corrected chi connectivity index (χ0v) is 11.7. The number of benzene rings is 2. The number of ether oxygens (including phenoxy) is 1. The second kappa shape index (κ2) is 6.83. The Bertz CT molecular complexity index is 734. The first kappa shape index (κ1) is 16.4. The number of nitriles is 1. The minimum absolute atomic E-state index is 0.152. The van der Waals surface area contributed by atoms with E-state index in [1.807, 2.05) is 6.07 Å². The monoisotopic (exact) mass is 320 g/mol. The molecule has 0 saturated carbocycles. The summed E-state index contributed by atoms with van der Waals surface area (Å²) in [5.41, 5.74) is 0.0409. The highest BCUT2D eigenvalue weighted by Gasteiger charge is 2.30. The third-order valence-corrected chi connectivity index (χ3v) is 2.83. The van der Waals surface area contributed by atoms with Crippen molar-refractivity contribution in [3.05, 3.63) is 59.7 Å². The third-order valence-electron chi connectivity index (χ3n) is 2.83. The minimum atomic E-state index is -4.42. The van der Waals surface area contributed by atoms with Gasteiger partial charge in [0.15, 0.2) is 6.61 Å². The Balaban J connectivity index is 1.90. The van der Waals surface area contributed by atoms with E-state index in [4.69, 9.17) is 10.00 Å². The van der Waals surface area contributed by atoms with Crippen molar-refractivity contribution in [3.63, 3.8) is 0 Å². The number of halogens is 3. The maximum absolute atomic E-state index is 12.4. The van der Waals surface area contributed by atoms with Gasteiger partial charge in [-0.1, -0.05) is 6.07 Å². The van der Waals surface area contributed by atoms with E-state index in [-0.39, 0.29) is 12.4 Å². The Morgan fingerprint density at radius 1 is 1.17 bits per heavy atom. The molecular weight excluding hydrogens is 309 g/mol. The summed E-state index contributed by atoms with van der Waals surface area (Å²) in [6.45, 7) is -0.359. The lowest BCUT2D eigenvalue weighted by Crippen LogP contribution is -2.20. The fourth-order valence-corrected chi connectivity index (χ4v) is 1.75. The molecule has 0 saturated heterocycles. The molecule has 0 aliphatic rings. The van der Waals surface area contributed by atoms with Gasteiger partial charge >= 0.3 is 6.18 Å². The van der Waals surface area contributed by atoms with Gasteiger partial charge in [-0.3, -0.25) is 4.79 Å². The Kier molecular flexibility index (Phi) is 4.86. The van der Waals surface area contributed by atoms with Crippen LogP contribution in [0.4, 0.5) is 18.9 Å². The van der Waals surface area contributed by atoms with Gasteiger partial charge in [-0.25, -0.2) is 0 Å². The van der Waals surface area contributed by atoms with Crippen molar-refractivity contribution in [2.75, 3.05) is 11.9 Å². The molecule has 2 rings (SSSR count). The van der Waals surface area contributed by atoms with E-state index in [0.29, 0.717) is 11.3 Å². The van der Waals surface area contributed by atoms with E-state index in [1.54, 1.807) is 18.2 Å². The highest BCUT2D eigenvalue weighted by molar-refractivity contribution is 5.92. The summed E-state index contributed by atoms with van der Waals surface area (Å²) >= 11 is 0. The van der Waals surface area contributed by atoms with Crippen LogP contribution in [-0.2, 0) is 11.0 Å². The number of alkyl halides is 3. The predicted molar refractivity (Wildman–Crippen MR) is 76.7 cm³/mol. The number of nitrogens with one attached hydrogen (secondary N) is 1. The lowest BCUT2D eigenvalue weighted by molar-refractivity contribution is -0.137. The van der Waals surface area contributed by atoms with Crippen molar-refractivity contribution in [1.29, 1.82) is 5.26 Å². The Labute approximate surface area is 130 Å². The molecule has 0 aliphatic carbocycles. The summed E-state index contributed by atoms with van der Waals surface area (Å²) in [6.07, 6.45) is -4.42. The lowest BCUT2D eigenvalue weighted by atomic mass is 10.2. The number of rotatable bonds is 4. The SMILES string of the molecule is N#Cc1cccc(NC(=O)COc2ccc(C(F)(F)F)cc2)c1. The van der Waals surface area contributed by atoms with Crippen LogP contribution in [0.3, 0.4) is 0 Å². The Morgan fingerprint density at radius 3 is 2.48 bits per heavy atom. The molecule has 1 amide bonds. The molecule has 118 valence electrons. The molecule has 0 fully saturated rings. The van der Waals surface area contributed by atoms with E-state index in [1.165, 1.54) is 6.07 Å². The summed E-state index contributed by atoms with van der Waals surface area (Å²) < 4.78 is 42.3. The summed E-state index contributed by atoms with van der Waals surface area (Å²) in [6, 6.07) is 12.3. The van der Waals surface area contributed by atoms with Crippen molar-refractivity contribution in [1.82, 2.24) is 0 Å². The van der Waals surface area contributed by atoms with Crippen LogP contribution in [0, 0.1) is 11.3 Å². The number of hydrogen-bond acceptors (Lipinski definition) is 3. The molecule has 0 bridgehead atoms. The third kappa shape index (κ3) is 4.74. The molecule has 4 nitrogen and oxygen atoms in total. The average Bonchev–Trinajstić information content (AvgIpc) is 2.52. The molecule has 2 aromatic rings. The molecule has 0 aliphatic heterocycles. The van der Waals surface area contributed by atoms with Crippen molar-refractivity contribution in [2.45, 2.75) is 6.18 Å². The smallest absolute Gasteiger partial charge is 0.416 e. The number of hydrogen-bond donors (Lipinski definition) is 1. The van der Waals surface area contributed by atoms with Gasteiger partial charge in [0.1, 0.15) is 5.75 Å². The molecule has 0 heterocycles. The van der Waals surface area contributed by atoms with Crippen LogP contribution in [0.15, 0.2) is 48.5 Å². The normalized spacial score (nSPS) is 10.7. The van der Waals surface area contributed by atoms with E-state index >= 15 is 0 Å². The number of carbonyl (C=O) groups excluding carboxylic acids is 1. The molecule has 1 N–H and O–H groups in total. The largest absolute Gasteiger partial charge is 0.484 e. The highest BCUT2D eigenvalue weighted by atomic mass is 19.4. The van der Waals surface area contributed by atoms with Crippen molar-refractivity contribution in [2.24, 2.45) is 0 Å². The lowest BCUT2D eigenvalue weighted by Gasteiger charge is -2.09. The van der Waals surface area contributed by atoms with Gasteiger partial charge in [-0.2, -0.15) is 18.4 Å². The molecule has 0 spiro atoms. The summed E-state index contributed by atoms with van der Waals surface area (Å²) in [7, 11) is 0. The van der Waals surface area contributed by atoms with Crippen LogP contribution in [-0.4, -0.2) is 12.5 Å². The molecule has 0 aromatic heterocycles. The number of amides is 1. The molecule has 0 radical (unpaired) electrons. The van der Waals surface area contributed by atoms with Crippen LogP contribution in [0.25, 0.3) is 0 Å². The van der Waals surface area contributed by atoms with Crippen LogP contribution < -0.4 is 10.1 Å². The van der Waals surface area contributed by atoms with Crippen molar-refractivity contribution in [3.8, 4) is 11.8 Å². The summed E-state index contributed by atoms with van der Waals surface area (Å²) in [4.78, 5) is 11.7. The zero-order chi connectivity index (χ0) is 16.9. The zero-order valence-electron chi connectivity index (χ0n) is 11.7. The van der Waals surface area contributed by atoms with Crippen LogP contribution in [0.5, 0.6) is 5.75 Å². The van der Waals surface area contributed by atoms with Gasteiger partial charge in [0, 0.05) is 5.69 Å². The first-order valence-electron chi connectivity index (χ1n) is 6.48. The maximum Gasteiger partial charge on any atom is 0.416 e. The number of nitrogens with zero attached hydrogens (tertiary/aromatic N) is 1. The second-order valence-electron chi connectivity index (χ2n) is 4.55. The molecule has 0 atom stereocenters. The minimum Gasteiger partial charge on any atom is -0.484 e. The Hall–Kier alpha value is -3.01. The molecular formula is C16H11F3N2O2. The number of anilines is 1. The molecule has 7 heteroatoms. The number of carbonyl (C=O) groups is 1. The van der Waals surface area contributed by atoms with Gasteiger partial charge in [-0.15, -0.1) is 0 Å². The van der Waals surface area contributed by atoms with Gasteiger partial charge in [0.2, 0.25) is 0 Å². The summed E-state index contributed by atoms with van der Waals surface area (Å²) in [5, 5.41) is 11.3. The topological polar surface area (TPSA) is 62.1 Å². The van der Waals surface area contributed by atoms with E-state index in [0.717, 1.165) is 24.3 Å². The van der Waals surface area contributed by atoms with Crippen LogP contribution in [0.2, 0.25) is 0 Å². The fourth-order valence-electron chi connectivity index (χ4n) is 1.75. The standard InChI is InChI=1S/C16H11F3N2O2/c17-16(18,19)12-4-6-14(7-5-12)23-10-15(22)21-13-3-1-2-11(8-13)9-20/h1-8H,10H2,(H,21,22). The van der Waals surface area contributed by atoms with Crippen molar-refractivity contribution >= 4 is 11.6 Å². The molecule has 2 aromatic carbocycles. The average molecular weight is 320 g/mol. The first-order valence-corrected chi connectivity index (χ1v) is 6.48. The molecule has 23 heavy (non-hydrogen) atoms. The summed E-state index contributed by atoms with van der Waals surface area (Å²) in [5.74, 6) is -0.334.